The Balaban J connectivity index is 2.33. The van der Waals surface area contributed by atoms with Gasteiger partial charge in [-0.15, -0.1) is 0 Å². The van der Waals surface area contributed by atoms with Crippen molar-refractivity contribution < 1.29 is 9.47 Å². The fraction of sp³-hybridized carbons (Fsp3) is 0.167. The quantitative estimate of drug-likeness (QED) is 0.858. The van der Waals surface area contributed by atoms with Gasteiger partial charge in [-0.05, 0) is 28.1 Å². The summed E-state index contributed by atoms with van der Waals surface area (Å²) in [4.78, 5) is 7.96. The number of rotatable bonds is 4. The number of nitrogens with one attached hydrogen (secondary N) is 1. The highest BCUT2D eigenvalue weighted by atomic mass is 79.9. The van der Waals surface area contributed by atoms with E-state index in [0.29, 0.717) is 17.3 Å². The second-order valence-corrected chi connectivity index (χ2v) is 4.73. The van der Waals surface area contributed by atoms with E-state index in [4.69, 9.17) is 21.1 Å². The van der Waals surface area contributed by atoms with Crippen molar-refractivity contribution in [2.75, 3.05) is 19.5 Å². The van der Waals surface area contributed by atoms with Crippen LogP contribution in [0.4, 0.5) is 11.5 Å². The molecule has 1 aromatic carbocycles. The summed E-state index contributed by atoms with van der Waals surface area (Å²) in [6.07, 6.45) is 1.36. The number of halogens is 2. The summed E-state index contributed by atoms with van der Waals surface area (Å²) in [5.74, 6) is 1.60. The Labute approximate surface area is 124 Å². The lowest BCUT2D eigenvalue weighted by Crippen LogP contribution is -1.99. The van der Waals surface area contributed by atoms with Crippen molar-refractivity contribution in [2.45, 2.75) is 0 Å². The van der Waals surface area contributed by atoms with Gasteiger partial charge in [-0.2, -0.15) is 0 Å². The molecular formula is C12H11BrClN3O2. The van der Waals surface area contributed by atoms with Crippen molar-refractivity contribution in [3.05, 3.63) is 34.2 Å². The third-order valence-corrected chi connectivity index (χ3v) is 3.30. The molecule has 0 radical (unpaired) electrons. The van der Waals surface area contributed by atoms with Crippen LogP contribution >= 0.6 is 27.5 Å². The van der Waals surface area contributed by atoms with Gasteiger partial charge in [0.05, 0.1) is 18.7 Å². The number of anilines is 2. The molecule has 0 spiro atoms. The number of benzene rings is 1. The van der Waals surface area contributed by atoms with E-state index >= 15 is 0 Å². The van der Waals surface area contributed by atoms with Crippen LogP contribution in [0.3, 0.4) is 0 Å². The van der Waals surface area contributed by atoms with Crippen LogP contribution in [-0.2, 0) is 0 Å². The van der Waals surface area contributed by atoms with E-state index in [1.165, 1.54) is 13.4 Å². The Bertz CT molecular complexity index is 595. The molecule has 2 rings (SSSR count). The molecule has 1 heterocycles. The van der Waals surface area contributed by atoms with E-state index in [9.17, 15) is 0 Å². The topological polar surface area (TPSA) is 56.3 Å². The molecule has 7 heteroatoms. The third-order valence-electron chi connectivity index (χ3n) is 2.38. The summed E-state index contributed by atoms with van der Waals surface area (Å²) in [7, 11) is 3.12. The molecule has 1 aromatic heterocycles. The van der Waals surface area contributed by atoms with Crippen molar-refractivity contribution >= 4 is 39.0 Å². The molecule has 0 unspecified atom stereocenters. The summed E-state index contributed by atoms with van der Waals surface area (Å²) in [6, 6.07) is 5.58. The molecule has 0 aliphatic heterocycles. The molecule has 19 heavy (non-hydrogen) atoms. The van der Waals surface area contributed by atoms with E-state index in [1.807, 2.05) is 18.2 Å². The Morgan fingerprint density at radius 3 is 2.68 bits per heavy atom. The number of methoxy groups -OCH3 is 2. The van der Waals surface area contributed by atoms with Gasteiger partial charge < -0.3 is 14.8 Å². The molecule has 0 atom stereocenters. The first kappa shape index (κ1) is 13.9. The maximum Gasteiger partial charge on any atom is 0.199 e. The molecule has 0 saturated heterocycles. The number of hydrogen-bond acceptors (Lipinski definition) is 5. The first-order valence-corrected chi connectivity index (χ1v) is 6.48. The van der Waals surface area contributed by atoms with Crippen LogP contribution in [0.2, 0.25) is 5.15 Å². The number of ether oxygens (including phenoxy) is 2. The van der Waals surface area contributed by atoms with Crippen LogP contribution in [0.25, 0.3) is 0 Å². The standard InChI is InChI=1S/C12H11BrClN3O2/c1-18-9-5-7(3-4-8(9)13)17-12-10(19-2)11(14)15-6-16-12/h3-6H,1-2H3,(H,15,16,17). The summed E-state index contributed by atoms with van der Waals surface area (Å²) in [6.45, 7) is 0. The van der Waals surface area contributed by atoms with E-state index in [2.05, 4.69) is 31.2 Å². The van der Waals surface area contributed by atoms with Gasteiger partial charge in [0.1, 0.15) is 12.1 Å². The molecule has 0 bridgehead atoms. The van der Waals surface area contributed by atoms with Crippen molar-refractivity contribution in [3.63, 3.8) is 0 Å². The maximum absolute atomic E-state index is 5.93. The van der Waals surface area contributed by atoms with Gasteiger partial charge in [0.15, 0.2) is 16.7 Å². The van der Waals surface area contributed by atoms with Crippen LogP contribution in [0.1, 0.15) is 0 Å². The van der Waals surface area contributed by atoms with Crippen LogP contribution in [-0.4, -0.2) is 24.2 Å². The molecule has 2 aromatic rings. The van der Waals surface area contributed by atoms with Gasteiger partial charge in [0, 0.05) is 11.8 Å². The zero-order valence-corrected chi connectivity index (χ0v) is 12.6. The third kappa shape index (κ3) is 3.08. The average molecular weight is 345 g/mol. The summed E-state index contributed by atoms with van der Waals surface area (Å²) < 4.78 is 11.3. The highest BCUT2D eigenvalue weighted by Gasteiger charge is 2.11. The fourth-order valence-electron chi connectivity index (χ4n) is 1.50. The van der Waals surface area contributed by atoms with E-state index < -0.39 is 0 Å². The minimum absolute atomic E-state index is 0.254. The van der Waals surface area contributed by atoms with Crippen LogP contribution in [0, 0.1) is 0 Å². The first-order valence-electron chi connectivity index (χ1n) is 5.30. The highest BCUT2D eigenvalue weighted by Crippen LogP contribution is 2.33. The zero-order valence-electron chi connectivity index (χ0n) is 10.3. The first-order chi connectivity index (χ1) is 9.15. The van der Waals surface area contributed by atoms with Gasteiger partial charge in [-0.3, -0.25) is 0 Å². The lowest BCUT2D eigenvalue weighted by atomic mass is 10.3. The molecular weight excluding hydrogens is 334 g/mol. The van der Waals surface area contributed by atoms with Crippen molar-refractivity contribution in [1.82, 2.24) is 9.97 Å². The molecule has 0 aliphatic carbocycles. The number of hydrogen-bond donors (Lipinski definition) is 1. The average Bonchev–Trinajstić information content (AvgIpc) is 2.41. The van der Waals surface area contributed by atoms with Gasteiger partial charge in [-0.25, -0.2) is 9.97 Å². The van der Waals surface area contributed by atoms with Crippen molar-refractivity contribution in [3.8, 4) is 11.5 Å². The van der Waals surface area contributed by atoms with Gasteiger partial charge in [-0.1, -0.05) is 11.6 Å². The van der Waals surface area contributed by atoms with Crippen LogP contribution in [0.5, 0.6) is 11.5 Å². The Hall–Kier alpha value is -1.53. The minimum atomic E-state index is 0.254. The van der Waals surface area contributed by atoms with Crippen molar-refractivity contribution in [1.29, 1.82) is 0 Å². The molecule has 0 fully saturated rings. The molecule has 0 aliphatic rings. The smallest absolute Gasteiger partial charge is 0.199 e. The molecule has 100 valence electrons. The van der Waals surface area contributed by atoms with Crippen molar-refractivity contribution in [2.24, 2.45) is 0 Å². The Morgan fingerprint density at radius 1 is 1.21 bits per heavy atom. The Morgan fingerprint density at radius 2 is 2.00 bits per heavy atom. The monoisotopic (exact) mass is 343 g/mol. The van der Waals surface area contributed by atoms with Gasteiger partial charge >= 0.3 is 0 Å². The molecule has 5 nitrogen and oxygen atoms in total. The van der Waals surface area contributed by atoms with Crippen LogP contribution < -0.4 is 14.8 Å². The highest BCUT2D eigenvalue weighted by molar-refractivity contribution is 9.10. The lowest BCUT2D eigenvalue weighted by Gasteiger charge is -2.11. The predicted molar refractivity (Wildman–Crippen MR) is 77.6 cm³/mol. The summed E-state index contributed by atoms with van der Waals surface area (Å²) in [5.41, 5.74) is 0.799. The number of aromatic nitrogens is 2. The fourth-order valence-corrected chi connectivity index (χ4v) is 2.12. The normalized spacial score (nSPS) is 10.1. The Kier molecular flexibility index (Phi) is 4.44. The van der Waals surface area contributed by atoms with Gasteiger partial charge in [0.25, 0.3) is 0 Å². The zero-order chi connectivity index (χ0) is 13.8. The van der Waals surface area contributed by atoms with E-state index in [1.54, 1.807) is 7.11 Å². The largest absolute Gasteiger partial charge is 0.495 e. The van der Waals surface area contributed by atoms with E-state index in [-0.39, 0.29) is 5.15 Å². The minimum Gasteiger partial charge on any atom is -0.495 e. The SMILES string of the molecule is COc1cc(Nc2ncnc(Cl)c2OC)ccc1Br. The molecule has 0 saturated carbocycles. The molecule has 0 amide bonds. The van der Waals surface area contributed by atoms with Crippen LogP contribution in [0.15, 0.2) is 29.0 Å². The second kappa shape index (κ2) is 6.08. The lowest BCUT2D eigenvalue weighted by molar-refractivity contribution is 0.412. The maximum atomic E-state index is 5.93. The molecule has 1 N–H and O–H groups in total. The van der Waals surface area contributed by atoms with E-state index in [0.717, 1.165) is 10.2 Å². The number of nitrogens with zero attached hydrogens (tertiary/aromatic N) is 2. The predicted octanol–water partition coefficient (Wildman–Crippen LogP) is 3.65. The van der Waals surface area contributed by atoms with Gasteiger partial charge in [0.2, 0.25) is 0 Å². The summed E-state index contributed by atoms with van der Waals surface area (Å²) in [5, 5.41) is 3.36. The summed E-state index contributed by atoms with van der Waals surface area (Å²) >= 11 is 9.32. The second-order valence-electron chi connectivity index (χ2n) is 3.52.